The molecular formula is C13H28N2O. The monoisotopic (exact) mass is 228 g/mol. The minimum absolute atomic E-state index is 0.250. The molecule has 2 N–H and O–H groups in total. The number of ether oxygens (including phenoxy) is 1. The average molecular weight is 228 g/mol. The van der Waals surface area contributed by atoms with E-state index in [4.69, 9.17) is 10.5 Å². The Morgan fingerprint density at radius 3 is 2.38 bits per heavy atom. The van der Waals surface area contributed by atoms with Gasteiger partial charge in [0, 0.05) is 25.7 Å². The van der Waals surface area contributed by atoms with E-state index in [0.29, 0.717) is 6.10 Å². The van der Waals surface area contributed by atoms with Gasteiger partial charge >= 0.3 is 0 Å². The van der Waals surface area contributed by atoms with Crippen molar-refractivity contribution in [2.45, 2.75) is 57.6 Å². The molecule has 1 fully saturated rings. The number of hydrogen-bond acceptors (Lipinski definition) is 3. The Morgan fingerprint density at radius 1 is 1.31 bits per heavy atom. The third-order valence-corrected chi connectivity index (χ3v) is 4.10. The highest BCUT2D eigenvalue weighted by atomic mass is 16.5. The number of nitrogens with two attached hydrogens (primary N) is 1. The first kappa shape index (κ1) is 13.9. The summed E-state index contributed by atoms with van der Waals surface area (Å²) in [6, 6.07) is 0. The van der Waals surface area contributed by atoms with Gasteiger partial charge in [0.05, 0.1) is 6.10 Å². The fourth-order valence-corrected chi connectivity index (χ4v) is 2.90. The van der Waals surface area contributed by atoms with Crippen LogP contribution >= 0.6 is 0 Å². The van der Waals surface area contributed by atoms with Crippen molar-refractivity contribution in [3.05, 3.63) is 0 Å². The SMILES string of the molecule is CCN(CC(C)OC)C1(CN)CCCCC1. The predicted octanol–water partition coefficient (Wildman–Crippen LogP) is 2.00. The summed E-state index contributed by atoms with van der Waals surface area (Å²) in [5, 5.41) is 0. The molecule has 96 valence electrons. The Balaban J connectivity index is 2.65. The van der Waals surface area contributed by atoms with Crippen molar-refractivity contribution >= 4 is 0 Å². The summed E-state index contributed by atoms with van der Waals surface area (Å²) >= 11 is 0. The van der Waals surface area contributed by atoms with Crippen LogP contribution in [0.3, 0.4) is 0 Å². The van der Waals surface area contributed by atoms with Gasteiger partial charge in [-0.25, -0.2) is 0 Å². The van der Waals surface area contributed by atoms with Gasteiger partial charge in [-0.05, 0) is 26.3 Å². The van der Waals surface area contributed by atoms with E-state index in [1.54, 1.807) is 7.11 Å². The fraction of sp³-hybridized carbons (Fsp3) is 1.00. The predicted molar refractivity (Wildman–Crippen MR) is 68.6 cm³/mol. The van der Waals surface area contributed by atoms with Crippen molar-refractivity contribution in [2.24, 2.45) is 5.73 Å². The molecule has 1 rings (SSSR count). The molecule has 16 heavy (non-hydrogen) atoms. The molecule has 0 spiro atoms. The molecule has 1 saturated carbocycles. The standard InChI is InChI=1S/C13H28N2O/c1-4-15(10-12(2)16-3)13(11-14)8-6-5-7-9-13/h12H,4-11,14H2,1-3H3. The van der Waals surface area contributed by atoms with Gasteiger partial charge in [0.1, 0.15) is 0 Å². The smallest absolute Gasteiger partial charge is 0.0670 e. The highest BCUT2D eigenvalue weighted by molar-refractivity contribution is 4.94. The van der Waals surface area contributed by atoms with Crippen molar-refractivity contribution in [3.8, 4) is 0 Å². The van der Waals surface area contributed by atoms with E-state index in [0.717, 1.165) is 19.6 Å². The van der Waals surface area contributed by atoms with Crippen LogP contribution in [0.25, 0.3) is 0 Å². The maximum absolute atomic E-state index is 6.05. The second-order valence-corrected chi connectivity index (χ2v) is 5.07. The molecule has 3 nitrogen and oxygen atoms in total. The Hall–Kier alpha value is -0.120. The van der Waals surface area contributed by atoms with E-state index in [1.807, 2.05) is 0 Å². The summed E-state index contributed by atoms with van der Waals surface area (Å²) in [5.41, 5.74) is 6.30. The molecule has 0 aromatic heterocycles. The molecule has 1 unspecified atom stereocenters. The summed E-state index contributed by atoms with van der Waals surface area (Å²) < 4.78 is 5.38. The van der Waals surface area contributed by atoms with Crippen molar-refractivity contribution in [1.29, 1.82) is 0 Å². The van der Waals surface area contributed by atoms with Gasteiger partial charge in [-0.15, -0.1) is 0 Å². The van der Waals surface area contributed by atoms with Crippen LogP contribution in [0, 0.1) is 0 Å². The third kappa shape index (κ3) is 3.19. The summed E-state index contributed by atoms with van der Waals surface area (Å²) in [6.45, 7) is 7.23. The molecular weight excluding hydrogens is 200 g/mol. The minimum Gasteiger partial charge on any atom is -0.380 e. The number of rotatable bonds is 6. The van der Waals surface area contributed by atoms with Crippen LogP contribution in [0.15, 0.2) is 0 Å². The molecule has 0 aliphatic heterocycles. The molecule has 1 aliphatic carbocycles. The summed E-state index contributed by atoms with van der Waals surface area (Å²) in [6.07, 6.45) is 6.84. The number of nitrogens with zero attached hydrogens (tertiary/aromatic N) is 1. The Morgan fingerprint density at radius 2 is 1.94 bits per heavy atom. The first-order valence-corrected chi connectivity index (χ1v) is 6.66. The van der Waals surface area contributed by atoms with Crippen molar-refractivity contribution in [2.75, 3.05) is 26.7 Å². The van der Waals surface area contributed by atoms with Crippen LogP contribution < -0.4 is 5.73 Å². The molecule has 0 heterocycles. The van der Waals surface area contributed by atoms with Crippen LogP contribution in [-0.2, 0) is 4.74 Å². The maximum Gasteiger partial charge on any atom is 0.0670 e. The second-order valence-electron chi connectivity index (χ2n) is 5.07. The first-order chi connectivity index (χ1) is 7.68. The lowest BCUT2D eigenvalue weighted by molar-refractivity contribution is 0.00764. The zero-order chi connectivity index (χ0) is 12.0. The summed E-state index contributed by atoms with van der Waals surface area (Å²) in [7, 11) is 1.79. The molecule has 0 aromatic carbocycles. The van der Waals surface area contributed by atoms with Crippen LogP contribution in [0.2, 0.25) is 0 Å². The topological polar surface area (TPSA) is 38.5 Å². The molecule has 0 saturated heterocycles. The quantitative estimate of drug-likeness (QED) is 0.756. The van der Waals surface area contributed by atoms with Gasteiger partial charge in [-0.2, -0.15) is 0 Å². The van der Waals surface area contributed by atoms with Crippen molar-refractivity contribution < 1.29 is 4.74 Å². The third-order valence-electron chi connectivity index (χ3n) is 4.10. The van der Waals surface area contributed by atoms with E-state index in [1.165, 1.54) is 32.1 Å². The highest BCUT2D eigenvalue weighted by Crippen LogP contribution is 2.33. The molecule has 0 radical (unpaired) electrons. The molecule has 0 bridgehead atoms. The van der Waals surface area contributed by atoms with Gasteiger partial charge in [0.25, 0.3) is 0 Å². The first-order valence-electron chi connectivity index (χ1n) is 6.66. The van der Waals surface area contributed by atoms with Crippen molar-refractivity contribution in [3.63, 3.8) is 0 Å². The Kier molecular flexibility index (Phi) is 5.73. The number of methoxy groups -OCH3 is 1. The lowest BCUT2D eigenvalue weighted by Crippen LogP contribution is -2.56. The summed E-state index contributed by atoms with van der Waals surface area (Å²) in [4.78, 5) is 2.54. The largest absolute Gasteiger partial charge is 0.380 e. The van der Waals surface area contributed by atoms with E-state index in [9.17, 15) is 0 Å². The van der Waals surface area contributed by atoms with E-state index >= 15 is 0 Å². The van der Waals surface area contributed by atoms with Gasteiger partial charge in [-0.1, -0.05) is 26.2 Å². The van der Waals surface area contributed by atoms with E-state index in [2.05, 4.69) is 18.7 Å². The molecule has 1 aliphatic rings. The fourth-order valence-electron chi connectivity index (χ4n) is 2.90. The van der Waals surface area contributed by atoms with Gasteiger partial charge < -0.3 is 10.5 Å². The molecule has 3 heteroatoms. The number of hydrogen-bond donors (Lipinski definition) is 1. The lowest BCUT2D eigenvalue weighted by Gasteiger charge is -2.46. The van der Waals surface area contributed by atoms with Crippen LogP contribution in [0.1, 0.15) is 46.0 Å². The Labute approximate surface area is 100 Å². The van der Waals surface area contributed by atoms with Gasteiger partial charge in [0.15, 0.2) is 0 Å². The van der Waals surface area contributed by atoms with Crippen LogP contribution in [-0.4, -0.2) is 43.3 Å². The van der Waals surface area contributed by atoms with Crippen LogP contribution in [0.5, 0.6) is 0 Å². The summed E-state index contributed by atoms with van der Waals surface area (Å²) in [5.74, 6) is 0. The normalized spacial score (nSPS) is 22.3. The zero-order valence-corrected chi connectivity index (χ0v) is 11.2. The minimum atomic E-state index is 0.250. The average Bonchev–Trinajstić information content (AvgIpc) is 2.36. The maximum atomic E-state index is 6.05. The molecule has 1 atom stereocenters. The van der Waals surface area contributed by atoms with E-state index < -0.39 is 0 Å². The van der Waals surface area contributed by atoms with Crippen molar-refractivity contribution in [1.82, 2.24) is 4.90 Å². The number of likely N-dealkylation sites (N-methyl/N-ethyl adjacent to an activating group) is 1. The van der Waals surface area contributed by atoms with E-state index in [-0.39, 0.29) is 5.54 Å². The Bertz CT molecular complexity index is 190. The van der Waals surface area contributed by atoms with Crippen LogP contribution in [0.4, 0.5) is 0 Å². The zero-order valence-electron chi connectivity index (χ0n) is 11.2. The molecule has 0 amide bonds. The van der Waals surface area contributed by atoms with Gasteiger partial charge in [0.2, 0.25) is 0 Å². The molecule has 0 aromatic rings. The second kappa shape index (κ2) is 6.58. The lowest BCUT2D eigenvalue weighted by atomic mass is 9.80. The van der Waals surface area contributed by atoms with Gasteiger partial charge in [-0.3, -0.25) is 4.90 Å². The highest BCUT2D eigenvalue weighted by Gasteiger charge is 2.36.